The zero-order valence-corrected chi connectivity index (χ0v) is 38.1. The van der Waals surface area contributed by atoms with Gasteiger partial charge in [0.25, 0.3) is 0 Å². The van der Waals surface area contributed by atoms with E-state index in [2.05, 4.69) is 43.5 Å². The fourth-order valence-electron chi connectivity index (χ4n) is 7.87. The molecule has 4 atom stereocenters. The third-order valence-corrected chi connectivity index (χ3v) is 11.9. The van der Waals surface area contributed by atoms with Crippen LogP contribution < -0.4 is 5.32 Å². The van der Waals surface area contributed by atoms with E-state index in [0.29, 0.717) is 12.8 Å². The molecule has 0 aromatic heterocycles. The summed E-state index contributed by atoms with van der Waals surface area (Å²) in [6, 6.07) is -0.998. The van der Waals surface area contributed by atoms with Crippen molar-refractivity contribution < 1.29 is 25.2 Å². The second kappa shape index (κ2) is 45.9. The van der Waals surface area contributed by atoms with Gasteiger partial charge in [0, 0.05) is 0 Å². The van der Waals surface area contributed by atoms with Crippen LogP contribution in [0.25, 0.3) is 0 Å². The Morgan fingerprint density at radius 3 is 1.07 bits per heavy atom. The molecule has 0 aromatic rings. The lowest BCUT2D eigenvalue weighted by molar-refractivity contribution is -0.132. The fraction of sp³-hybridized carbons (Fsp3) is 0.902. The highest BCUT2D eigenvalue weighted by molar-refractivity contribution is 5.80. The summed E-state index contributed by atoms with van der Waals surface area (Å²) in [5.41, 5.74) is 0. The lowest BCUT2D eigenvalue weighted by atomic mass is 10.00. The van der Waals surface area contributed by atoms with Crippen molar-refractivity contribution in [2.24, 2.45) is 0 Å². The molecule has 5 N–H and O–H groups in total. The van der Waals surface area contributed by atoms with E-state index in [9.17, 15) is 25.2 Å². The number of hydrogen-bond donors (Lipinski definition) is 5. The Bertz CT molecular complexity index is 863. The summed E-state index contributed by atoms with van der Waals surface area (Å²) in [7, 11) is 0. The maximum atomic E-state index is 12.5. The van der Waals surface area contributed by atoms with Gasteiger partial charge in [-0.1, -0.05) is 224 Å². The minimum absolute atomic E-state index is 0.365. The molecule has 0 saturated heterocycles. The van der Waals surface area contributed by atoms with E-state index >= 15 is 0 Å². The molecule has 0 fully saturated rings. The molecular formula is C51H99NO5. The number of allylic oxidation sites excluding steroid dienone is 4. The maximum Gasteiger partial charge on any atom is 0.249 e. The minimum Gasteiger partial charge on any atom is -0.394 e. The van der Waals surface area contributed by atoms with Crippen molar-refractivity contribution in [3.05, 3.63) is 24.3 Å². The van der Waals surface area contributed by atoms with E-state index < -0.39 is 36.9 Å². The molecule has 0 spiro atoms. The zero-order chi connectivity index (χ0) is 41.7. The van der Waals surface area contributed by atoms with Crippen molar-refractivity contribution in [2.45, 2.75) is 289 Å². The SMILES string of the molecule is CCCCCC/C=C/CCCC(O)C(O)C(CO)NC(=O)C(O)CCCCCCCCCCCCCCCCCC/C=C\CCCCCCCCCCCCCC. The molecule has 0 aliphatic carbocycles. The molecule has 338 valence electrons. The molecule has 0 aromatic carbocycles. The Morgan fingerprint density at radius 1 is 0.421 bits per heavy atom. The monoisotopic (exact) mass is 806 g/mol. The van der Waals surface area contributed by atoms with Gasteiger partial charge in [0.15, 0.2) is 0 Å². The molecule has 0 aliphatic heterocycles. The Labute approximate surface area is 354 Å². The molecule has 0 radical (unpaired) electrons. The largest absolute Gasteiger partial charge is 0.394 e. The van der Waals surface area contributed by atoms with E-state index in [-0.39, 0.29) is 0 Å². The number of hydrogen-bond acceptors (Lipinski definition) is 5. The van der Waals surface area contributed by atoms with Crippen molar-refractivity contribution in [1.29, 1.82) is 0 Å². The number of aliphatic hydroxyl groups excluding tert-OH is 4. The van der Waals surface area contributed by atoms with Gasteiger partial charge in [-0.3, -0.25) is 4.79 Å². The second-order valence-corrected chi connectivity index (χ2v) is 17.5. The normalized spacial score (nSPS) is 14.1. The van der Waals surface area contributed by atoms with E-state index in [0.717, 1.165) is 38.5 Å². The highest BCUT2D eigenvalue weighted by Gasteiger charge is 2.28. The quantitative estimate of drug-likeness (QED) is 0.0311. The van der Waals surface area contributed by atoms with E-state index in [1.54, 1.807) is 0 Å². The summed E-state index contributed by atoms with van der Waals surface area (Å²) < 4.78 is 0. The van der Waals surface area contributed by atoms with Crippen LogP contribution in [0.2, 0.25) is 0 Å². The smallest absolute Gasteiger partial charge is 0.249 e. The lowest BCUT2D eigenvalue weighted by Crippen LogP contribution is -2.53. The molecule has 0 aliphatic rings. The first-order valence-corrected chi connectivity index (χ1v) is 25.2. The molecule has 57 heavy (non-hydrogen) atoms. The van der Waals surface area contributed by atoms with Crippen LogP contribution in [0.15, 0.2) is 24.3 Å². The standard InChI is InChI=1S/C51H99NO5/c1-3-5-7-9-11-13-14-15-16-17-18-19-20-21-22-23-24-25-26-27-28-29-30-31-32-33-34-35-37-39-41-43-45-49(55)51(57)52-47(46-53)50(56)48(54)44-42-40-38-36-12-10-8-6-4-2/h21-22,36,38,47-50,53-56H,3-20,23-35,37,39-46H2,1-2H3,(H,52,57)/b22-21-,38-36+. The third-order valence-electron chi connectivity index (χ3n) is 11.9. The highest BCUT2D eigenvalue weighted by atomic mass is 16.3. The summed E-state index contributed by atoms with van der Waals surface area (Å²) in [5, 5.41) is 43.5. The van der Waals surface area contributed by atoms with Gasteiger partial charge >= 0.3 is 0 Å². The first kappa shape index (κ1) is 55.8. The number of amides is 1. The molecule has 0 bridgehead atoms. The van der Waals surface area contributed by atoms with E-state index in [4.69, 9.17) is 0 Å². The average Bonchev–Trinajstić information content (AvgIpc) is 3.22. The number of rotatable bonds is 46. The van der Waals surface area contributed by atoms with Gasteiger partial charge in [-0.15, -0.1) is 0 Å². The van der Waals surface area contributed by atoms with Crippen molar-refractivity contribution in [3.63, 3.8) is 0 Å². The average molecular weight is 806 g/mol. The molecule has 6 nitrogen and oxygen atoms in total. The van der Waals surface area contributed by atoms with Crippen molar-refractivity contribution >= 4 is 5.91 Å². The molecular weight excluding hydrogens is 707 g/mol. The molecule has 4 unspecified atom stereocenters. The summed E-state index contributed by atoms with van der Waals surface area (Å²) >= 11 is 0. The fourth-order valence-corrected chi connectivity index (χ4v) is 7.87. The predicted molar refractivity (Wildman–Crippen MR) is 247 cm³/mol. The predicted octanol–water partition coefficient (Wildman–Crippen LogP) is 13.9. The van der Waals surface area contributed by atoms with Crippen LogP contribution in [0.3, 0.4) is 0 Å². The lowest BCUT2D eigenvalue weighted by Gasteiger charge is -2.27. The summed E-state index contributed by atoms with van der Waals surface area (Å²) in [5.74, 6) is -0.593. The van der Waals surface area contributed by atoms with Crippen LogP contribution in [0.4, 0.5) is 0 Å². The van der Waals surface area contributed by atoms with Gasteiger partial charge in [0.2, 0.25) is 5.91 Å². The number of carbonyl (C=O) groups is 1. The highest BCUT2D eigenvalue weighted by Crippen LogP contribution is 2.17. The Morgan fingerprint density at radius 2 is 0.719 bits per heavy atom. The van der Waals surface area contributed by atoms with Gasteiger partial charge in [-0.05, 0) is 64.2 Å². The van der Waals surface area contributed by atoms with Crippen molar-refractivity contribution in [2.75, 3.05) is 6.61 Å². The van der Waals surface area contributed by atoms with Crippen LogP contribution in [-0.4, -0.2) is 57.3 Å². The number of aliphatic hydroxyl groups is 4. The molecule has 0 saturated carbocycles. The van der Waals surface area contributed by atoms with Gasteiger partial charge < -0.3 is 25.7 Å². The molecule has 0 rings (SSSR count). The second-order valence-electron chi connectivity index (χ2n) is 17.5. The van der Waals surface area contributed by atoms with Gasteiger partial charge in [0.05, 0.1) is 18.8 Å². The summed E-state index contributed by atoms with van der Waals surface area (Å²) in [6.45, 7) is 4.01. The van der Waals surface area contributed by atoms with Crippen LogP contribution >= 0.6 is 0 Å². The Kier molecular flexibility index (Phi) is 44.9. The Hall–Kier alpha value is -1.21. The van der Waals surface area contributed by atoms with Crippen LogP contribution in [0, 0.1) is 0 Å². The van der Waals surface area contributed by atoms with E-state index in [1.807, 2.05) is 0 Å². The molecule has 6 heteroatoms. The third kappa shape index (κ3) is 40.0. The first-order chi connectivity index (χ1) is 28.0. The molecule has 1 amide bonds. The van der Waals surface area contributed by atoms with Crippen molar-refractivity contribution in [3.8, 4) is 0 Å². The van der Waals surface area contributed by atoms with Crippen LogP contribution in [0.1, 0.15) is 264 Å². The van der Waals surface area contributed by atoms with Crippen LogP contribution in [0.5, 0.6) is 0 Å². The van der Waals surface area contributed by atoms with Gasteiger partial charge in [0.1, 0.15) is 12.2 Å². The topological polar surface area (TPSA) is 110 Å². The van der Waals surface area contributed by atoms with Crippen molar-refractivity contribution in [1.82, 2.24) is 5.32 Å². The minimum atomic E-state index is -1.28. The summed E-state index contributed by atoms with van der Waals surface area (Å²) in [4.78, 5) is 12.5. The number of nitrogens with one attached hydrogen (secondary N) is 1. The summed E-state index contributed by atoms with van der Waals surface area (Å²) in [6.07, 6.45) is 54.1. The van der Waals surface area contributed by atoms with Crippen LogP contribution in [-0.2, 0) is 4.79 Å². The van der Waals surface area contributed by atoms with Gasteiger partial charge in [-0.2, -0.15) is 0 Å². The zero-order valence-electron chi connectivity index (χ0n) is 38.1. The first-order valence-electron chi connectivity index (χ1n) is 25.2. The number of unbranched alkanes of at least 4 members (excludes halogenated alkanes) is 33. The Balaban J connectivity index is 3.53. The van der Waals surface area contributed by atoms with E-state index in [1.165, 1.54) is 199 Å². The maximum absolute atomic E-state index is 12.5. The van der Waals surface area contributed by atoms with Gasteiger partial charge in [-0.25, -0.2) is 0 Å². The number of carbonyl (C=O) groups excluding carboxylic acids is 1. The molecule has 0 heterocycles.